The average Bonchev–Trinajstić information content (AvgIpc) is 2.34. The van der Waals surface area contributed by atoms with Gasteiger partial charge in [0.25, 0.3) is 0 Å². The van der Waals surface area contributed by atoms with E-state index in [0.717, 1.165) is 5.56 Å². The standard InChI is InChI=1S/C15H24N2O2/c1-15(2,3)19-14(18)17(4)11-10-13(16)12-8-6-5-7-9-12/h5-9,13H,10-11,16H2,1-4H3/t13-/m1/s1. The third kappa shape index (κ3) is 5.75. The number of nitrogens with zero attached hydrogens (tertiary/aromatic N) is 1. The van der Waals surface area contributed by atoms with Gasteiger partial charge in [0.1, 0.15) is 5.60 Å². The van der Waals surface area contributed by atoms with Crippen LogP contribution in [0.3, 0.4) is 0 Å². The fraction of sp³-hybridized carbons (Fsp3) is 0.533. The quantitative estimate of drug-likeness (QED) is 0.909. The van der Waals surface area contributed by atoms with E-state index in [0.29, 0.717) is 13.0 Å². The number of hydrogen-bond acceptors (Lipinski definition) is 3. The summed E-state index contributed by atoms with van der Waals surface area (Å²) in [6, 6.07) is 9.82. The molecule has 0 radical (unpaired) electrons. The summed E-state index contributed by atoms with van der Waals surface area (Å²) in [5.74, 6) is 0. The normalized spacial score (nSPS) is 12.9. The predicted molar refractivity (Wildman–Crippen MR) is 76.9 cm³/mol. The topological polar surface area (TPSA) is 55.6 Å². The van der Waals surface area contributed by atoms with E-state index in [9.17, 15) is 4.79 Å². The van der Waals surface area contributed by atoms with E-state index in [1.165, 1.54) is 0 Å². The Kier molecular flexibility index (Phi) is 5.36. The van der Waals surface area contributed by atoms with Crippen molar-refractivity contribution in [2.75, 3.05) is 13.6 Å². The van der Waals surface area contributed by atoms with Crippen LogP contribution in [0.1, 0.15) is 38.8 Å². The smallest absolute Gasteiger partial charge is 0.410 e. The van der Waals surface area contributed by atoms with Gasteiger partial charge in [0.2, 0.25) is 0 Å². The zero-order valence-corrected chi connectivity index (χ0v) is 12.2. The number of hydrogen-bond donors (Lipinski definition) is 1. The summed E-state index contributed by atoms with van der Waals surface area (Å²) >= 11 is 0. The Bertz CT molecular complexity index is 398. The minimum atomic E-state index is -0.465. The Hall–Kier alpha value is -1.55. The molecule has 1 amide bonds. The molecular formula is C15H24N2O2. The Morgan fingerprint density at radius 1 is 1.32 bits per heavy atom. The van der Waals surface area contributed by atoms with E-state index in [1.54, 1.807) is 11.9 Å². The Labute approximate surface area is 115 Å². The number of carbonyl (C=O) groups is 1. The van der Waals surface area contributed by atoms with Gasteiger partial charge in [-0.25, -0.2) is 4.79 Å². The Morgan fingerprint density at radius 2 is 1.89 bits per heavy atom. The van der Waals surface area contributed by atoms with Crippen molar-refractivity contribution in [2.24, 2.45) is 5.73 Å². The van der Waals surface area contributed by atoms with E-state index in [-0.39, 0.29) is 12.1 Å². The van der Waals surface area contributed by atoms with Crippen LogP contribution in [-0.2, 0) is 4.74 Å². The summed E-state index contributed by atoms with van der Waals surface area (Å²) in [6.45, 7) is 6.14. The molecule has 4 heteroatoms. The van der Waals surface area contributed by atoms with E-state index in [4.69, 9.17) is 10.5 Å². The fourth-order valence-corrected chi connectivity index (χ4v) is 1.63. The molecule has 0 aromatic heterocycles. The maximum Gasteiger partial charge on any atom is 0.410 e. The third-order valence-electron chi connectivity index (χ3n) is 2.71. The van der Waals surface area contributed by atoms with Gasteiger partial charge in [-0.05, 0) is 32.8 Å². The minimum absolute atomic E-state index is 0.0638. The number of rotatable bonds is 4. The van der Waals surface area contributed by atoms with Crippen molar-refractivity contribution in [1.82, 2.24) is 4.90 Å². The van der Waals surface area contributed by atoms with E-state index in [1.807, 2.05) is 51.1 Å². The molecule has 2 N–H and O–H groups in total. The van der Waals surface area contributed by atoms with Crippen LogP contribution in [0.15, 0.2) is 30.3 Å². The molecule has 1 aromatic carbocycles. The largest absolute Gasteiger partial charge is 0.444 e. The zero-order chi connectivity index (χ0) is 14.5. The zero-order valence-electron chi connectivity index (χ0n) is 12.2. The molecule has 1 aromatic rings. The van der Waals surface area contributed by atoms with Gasteiger partial charge >= 0.3 is 6.09 Å². The molecule has 4 nitrogen and oxygen atoms in total. The first kappa shape index (κ1) is 15.5. The molecule has 0 saturated carbocycles. The van der Waals surface area contributed by atoms with Crippen LogP contribution in [0, 0.1) is 0 Å². The Balaban J connectivity index is 2.42. The molecule has 0 fully saturated rings. The van der Waals surface area contributed by atoms with Crippen molar-refractivity contribution in [1.29, 1.82) is 0 Å². The monoisotopic (exact) mass is 264 g/mol. The highest BCUT2D eigenvalue weighted by Crippen LogP contribution is 2.14. The molecule has 0 aliphatic rings. The lowest BCUT2D eigenvalue weighted by atomic mass is 10.0. The molecule has 0 aliphatic heterocycles. The van der Waals surface area contributed by atoms with Crippen molar-refractivity contribution in [3.63, 3.8) is 0 Å². The lowest BCUT2D eigenvalue weighted by Crippen LogP contribution is -2.35. The predicted octanol–water partition coefficient (Wildman–Crippen LogP) is 2.94. The molecule has 0 saturated heterocycles. The van der Waals surface area contributed by atoms with Crippen LogP contribution in [0.5, 0.6) is 0 Å². The van der Waals surface area contributed by atoms with Gasteiger partial charge in [0.05, 0.1) is 0 Å². The van der Waals surface area contributed by atoms with Crippen molar-refractivity contribution in [2.45, 2.75) is 38.8 Å². The Morgan fingerprint density at radius 3 is 2.42 bits per heavy atom. The van der Waals surface area contributed by atoms with Gasteiger partial charge in [0, 0.05) is 19.6 Å². The van der Waals surface area contributed by atoms with Crippen LogP contribution in [0.4, 0.5) is 4.79 Å². The molecule has 0 unspecified atom stereocenters. The summed E-state index contributed by atoms with van der Waals surface area (Å²) in [6.07, 6.45) is 0.396. The third-order valence-corrected chi connectivity index (χ3v) is 2.71. The van der Waals surface area contributed by atoms with Crippen molar-refractivity contribution < 1.29 is 9.53 Å². The molecule has 106 valence electrons. The molecular weight excluding hydrogens is 240 g/mol. The molecule has 19 heavy (non-hydrogen) atoms. The molecule has 1 rings (SSSR count). The lowest BCUT2D eigenvalue weighted by molar-refractivity contribution is 0.0294. The first-order valence-corrected chi connectivity index (χ1v) is 6.54. The van der Waals surface area contributed by atoms with Crippen molar-refractivity contribution >= 4 is 6.09 Å². The number of ether oxygens (including phenoxy) is 1. The van der Waals surface area contributed by atoms with Crippen molar-refractivity contribution in [3.8, 4) is 0 Å². The van der Waals surface area contributed by atoms with Crippen LogP contribution < -0.4 is 5.73 Å². The second-order valence-electron chi connectivity index (χ2n) is 5.71. The van der Waals surface area contributed by atoms with E-state index >= 15 is 0 Å². The summed E-state index contributed by atoms with van der Waals surface area (Å²) in [5, 5.41) is 0. The minimum Gasteiger partial charge on any atom is -0.444 e. The first-order chi connectivity index (χ1) is 8.79. The highest BCUT2D eigenvalue weighted by molar-refractivity contribution is 5.67. The summed E-state index contributed by atoms with van der Waals surface area (Å²) < 4.78 is 5.28. The van der Waals surface area contributed by atoms with Gasteiger partial charge in [-0.1, -0.05) is 30.3 Å². The number of benzene rings is 1. The highest BCUT2D eigenvalue weighted by atomic mass is 16.6. The van der Waals surface area contributed by atoms with E-state index in [2.05, 4.69) is 0 Å². The van der Waals surface area contributed by atoms with Crippen LogP contribution in [0.2, 0.25) is 0 Å². The highest BCUT2D eigenvalue weighted by Gasteiger charge is 2.19. The first-order valence-electron chi connectivity index (χ1n) is 6.54. The van der Waals surface area contributed by atoms with Gasteiger partial charge in [-0.2, -0.15) is 0 Å². The fourth-order valence-electron chi connectivity index (χ4n) is 1.63. The number of nitrogens with two attached hydrogens (primary N) is 1. The molecule has 0 aliphatic carbocycles. The molecule has 0 heterocycles. The lowest BCUT2D eigenvalue weighted by Gasteiger charge is -2.25. The van der Waals surface area contributed by atoms with Gasteiger partial charge in [-0.3, -0.25) is 0 Å². The second-order valence-corrected chi connectivity index (χ2v) is 5.71. The van der Waals surface area contributed by atoms with Gasteiger partial charge in [0.15, 0.2) is 0 Å². The SMILES string of the molecule is CN(CC[C@@H](N)c1ccccc1)C(=O)OC(C)(C)C. The van der Waals surface area contributed by atoms with Gasteiger partial charge in [-0.15, -0.1) is 0 Å². The van der Waals surface area contributed by atoms with Crippen molar-refractivity contribution in [3.05, 3.63) is 35.9 Å². The summed E-state index contributed by atoms with van der Waals surface area (Å²) in [4.78, 5) is 13.3. The maximum absolute atomic E-state index is 11.8. The van der Waals surface area contributed by atoms with Crippen LogP contribution >= 0.6 is 0 Å². The molecule has 0 bridgehead atoms. The number of carbonyl (C=O) groups excluding carboxylic acids is 1. The second kappa shape index (κ2) is 6.57. The molecule has 1 atom stereocenters. The number of amides is 1. The summed E-state index contributed by atoms with van der Waals surface area (Å²) in [5.41, 5.74) is 6.71. The van der Waals surface area contributed by atoms with E-state index < -0.39 is 5.60 Å². The van der Waals surface area contributed by atoms with Crippen LogP contribution in [0.25, 0.3) is 0 Å². The summed E-state index contributed by atoms with van der Waals surface area (Å²) in [7, 11) is 1.73. The molecule has 0 spiro atoms. The average molecular weight is 264 g/mol. The van der Waals surface area contributed by atoms with Crippen LogP contribution in [-0.4, -0.2) is 30.2 Å². The maximum atomic E-state index is 11.8. The van der Waals surface area contributed by atoms with Gasteiger partial charge < -0.3 is 15.4 Å².